The maximum Gasteiger partial charge on any atom is 0.228 e. The first-order chi connectivity index (χ1) is 11.9. The van der Waals surface area contributed by atoms with Gasteiger partial charge in [0.1, 0.15) is 5.76 Å². The van der Waals surface area contributed by atoms with Gasteiger partial charge in [-0.25, -0.2) is 4.98 Å². The molecule has 2 aromatic heterocycles. The Hall–Kier alpha value is -1.68. The Labute approximate surface area is 150 Å². The van der Waals surface area contributed by atoms with Gasteiger partial charge in [-0.15, -0.1) is 0 Å². The number of fused-ring (bicyclic) bond motifs is 2. The van der Waals surface area contributed by atoms with Crippen LogP contribution in [0.3, 0.4) is 0 Å². The lowest BCUT2D eigenvalue weighted by atomic mass is 9.44. The van der Waals surface area contributed by atoms with Crippen LogP contribution in [0.25, 0.3) is 11.5 Å². The molecular weight excluding hydrogens is 310 g/mol. The Morgan fingerprint density at radius 3 is 2.76 bits per heavy atom. The summed E-state index contributed by atoms with van der Waals surface area (Å²) >= 11 is 0. The minimum absolute atomic E-state index is 0.536. The van der Waals surface area contributed by atoms with E-state index in [-0.39, 0.29) is 0 Å². The smallest absolute Gasteiger partial charge is 0.228 e. The number of hydrogen-bond acceptors (Lipinski definition) is 4. The number of aromatic nitrogens is 2. The molecule has 25 heavy (non-hydrogen) atoms. The number of rotatable bonds is 4. The van der Waals surface area contributed by atoms with Crippen LogP contribution < -0.4 is 0 Å². The third kappa shape index (κ3) is 2.71. The second-order valence-corrected chi connectivity index (χ2v) is 8.70. The fourth-order valence-corrected chi connectivity index (χ4v) is 5.25. The Morgan fingerprint density at radius 1 is 1.32 bits per heavy atom. The number of nitrogens with zero attached hydrogens (tertiary/aromatic N) is 3. The van der Waals surface area contributed by atoms with Crippen molar-refractivity contribution in [3.05, 3.63) is 36.0 Å². The largest absolute Gasteiger partial charge is 0.441 e. The van der Waals surface area contributed by atoms with Crippen molar-refractivity contribution in [2.24, 2.45) is 23.2 Å². The molecule has 4 nitrogen and oxygen atoms in total. The van der Waals surface area contributed by atoms with E-state index < -0.39 is 0 Å². The third-order valence-corrected chi connectivity index (χ3v) is 7.08. The average Bonchev–Trinajstić information content (AvgIpc) is 2.96. The summed E-state index contributed by atoms with van der Waals surface area (Å²) in [5.74, 6) is 4.08. The number of oxazole rings is 1. The van der Waals surface area contributed by atoms with E-state index in [9.17, 15) is 0 Å². The predicted octanol–water partition coefficient (Wildman–Crippen LogP) is 4.55. The Morgan fingerprint density at radius 2 is 2.12 bits per heavy atom. The summed E-state index contributed by atoms with van der Waals surface area (Å²) in [7, 11) is 2.25. The van der Waals surface area contributed by atoms with E-state index in [4.69, 9.17) is 9.40 Å². The normalized spacial score (nSPS) is 30.3. The van der Waals surface area contributed by atoms with E-state index in [0.29, 0.717) is 17.3 Å². The van der Waals surface area contributed by atoms with Crippen LogP contribution in [0.1, 0.15) is 45.1 Å². The third-order valence-electron chi connectivity index (χ3n) is 7.08. The van der Waals surface area contributed by atoms with Crippen molar-refractivity contribution < 1.29 is 4.42 Å². The SMILES string of the molecule is Cc1oc(-c2cccnc2)nc1CN(C)C1C[C@@H]2C[C@H]([C@H]1C)C2(C)C. The average molecular weight is 339 g/mol. The fourth-order valence-electron chi connectivity index (χ4n) is 5.25. The first-order valence-corrected chi connectivity index (χ1v) is 9.45. The molecule has 134 valence electrons. The summed E-state index contributed by atoms with van der Waals surface area (Å²) in [6, 6.07) is 4.55. The van der Waals surface area contributed by atoms with Crippen LogP contribution >= 0.6 is 0 Å². The van der Waals surface area contributed by atoms with E-state index in [1.165, 1.54) is 12.8 Å². The van der Waals surface area contributed by atoms with Crippen LogP contribution in [-0.2, 0) is 6.54 Å². The molecule has 0 aromatic carbocycles. The molecule has 4 heteroatoms. The van der Waals surface area contributed by atoms with E-state index in [0.717, 1.165) is 41.3 Å². The van der Waals surface area contributed by atoms with E-state index >= 15 is 0 Å². The first kappa shape index (κ1) is 16.8. The molecule has 2 aromatic rings. The van der Waals surface area contributed by atoms with Crippen LogP contribution in [0.2, 0.25) is 0 Å². The molecule has 0 amide bonds. The summed E-state index contributed by atoms with van der Waals surface area (Å²) < 4.78 is 5.90. The molecule has 0 N–H and O–H groups in total. The van der Waals surface area contributed by atoms with Crippen LogP contribution in [-0.4, -0.2) is 28.0 Å². The Kier molecular flexibility index (Phi) is 3.99. The van der Waals surface area contributed by atoms with Crippen LogP contribution in [0, 0.1) is 30.1 Å². The molecule has 2 bridgehead atoms. The van der Waals surface area contributed by atoms with Gasteiger partial charge >= 0.3 is 0 Å². The second kappa shape index (κ2) is 5.94. The maximum absolute atomic E-state index is 5.90. The van der Waals surface area contributed by atoms with Crippen LogP contribution in [0.15, 0.2) is 28.9 Å². The number of hydrogen-bond donors (Lipinski definition) is 0. The van der Waals surface area contributed by atoms with Gasteiger partial charge < -0.3 is 4.42 Å². The van der Waals surface area contributed by atoms with Gasteiger partial charge in [-0.05, 0) is 62.1 Å². The molecule has 0 saturated heterocycles. The molecule has 0 spiro atoms. The van der Waals surface area contributed by atoms with Crippen molar-refractivity contribution in [1.82, 2.24) is 14.9 Å². The van der Waals surface area contributed by atoms with Crippen molar-refractivity contribution >= 4 is 0 Å². The minimum atomic E-state index is 0.536. The van der Waals surface area contributed by atoms with Crippen molar-refractivity contribution in [1.29, 1.82) is 0 Å². The molecule has 4 atom stereocenters. The topological polar surface area (TPSA) is 42.2 Å². The summed E-state index contributed by atoms with van der Waals surface area (Å²) in [6.07, 6.45) is 6.31. The lowest BCUT2D eigenvalue weighted by Crippen LogP contribution is -2.60. The van der Waals surface area contributed by atoms with E-state index in [1.54, 1.807) is 12.4 Å². The van der Waals surface area contributed by atoms with Gasteiger partial charge in [-0.2, -0.15) is 0 Å². The van der Waals surface area contributed by atoms with Gasteiger partial charge in [0.05, 0.1) is 11.3 Å². The quantitative estimate of drug-likeness (QED) is 0.819. The van der Waals surface area contributed by atoms with Gasteiger partial charge in [0.2, 0.25) is 5.89 Å². The van der Waals surface area contributed by atoms with E-state index in [2.05, 4.69) is 37.7 Å². The lowest BCUT2D eigenvalue weighted by molar-refractivity contribution is -0.136. The molecule has 5 rings (SSSR count). The number of pyridine rings is 1. The molecule has 3 saturated carbocycles. The zero-order valence-electron chi connectivity index (χ0n) is 16.0. The summed E-state index contributed by atoms with van der Waals surface area (Å²) in [6.45, 7) is 10.2. The molecule has 2 heterocycles. The van der Waals surface area contributed by atoms with Crippen molar-refractivity contribution in [3.8, 4) is 11.5 Å². The molecule has 3 aliphatic carbocycles. The highest BCUT2D eigenvalue weighted by Crippen LogP contribution is 2.61. The highest BCUT2D eigenvalue weighted by atomic mass is 16.4. The van der Waals surface area contributed by atoms with Crippen molar-refractivity contribution in [3.63, 3.8) is 0 Å². The summed E-state index contributed by atoms with van der Waals surface area (Å²) in [4.78, 5) is 11.4. The van der Waals surface area contributed by atoms with Gasteiger partial charge in [-0.3, -0.25) is 9.88 Å². The van der Waals surface area contributed by atoms with Crippen molar-refractivity contribution in [2.45, 2.75) is 53.1 Å². The minimum Gasteiger partial charge on any atom is -0.441 e. The Bertz CT molecular complexity index is 752. The standard InChI is InChI=1S/C21H29N3O/c1-13-17-9-16(21(17,3)4)10-19(13)24(5)12-18-14(2)25-20(23-18)15-7-6-8-22-11-15/h6-8,11,13,16-17,19H,9-10,12H2,1-5H3/t13-,16+,17-,19?/m1/s1. The highest BCUT2D eigenvalue weighted by Gasteiger charge is 2.56. The van der Waals surface area contributed by atoms with Crippen LogP contribution in [0.4, 0.5) is 0 Å². The zero-order chi connectivity index (χ0) is 17.8. The molecule has 3 fully saturated rings. The second-order valence-electron chi connectivity index (χ2n) is 8.70. The maximum atomic E-state index is 5.90. The summed E-state index contributed by atoms with van der Waals surface area (Å²) in [5.41, 5.74) is 2.52. The van der Waals surface area contributed by atoms with Crippen molar-refractivity contribution in [2.75, 3.05) is 7.05 Å². The zero-order valence-corrected chi connectivity index (χ0v) is 16.0. The molecule has 0 radical (unpaired) electrons. The van der Waals surface area contributed by atoms with Gasteiger partial charge in [0, 0.05) is 25.0 Å². The van der Waals surface area contributed by atoms with Gasteiger partial charge in [0.25, 0.3) is 0 Å². The monoisotopic (exact) mass is 339 g/mol. The Balaban J connectivity index is 1.49. The predicted molar refractivity (Wildman–Crippen MR) is 98.9 cm³/mol. The molecule has 0 aliphatic heterocycles. The van der Waals surface area contributed by atoms with Crippen LogP contribution in [0.5, 0.6) is 0 Å². The molecule has 1 unspecified atom stereocenters. The highest BCUT2D eigenvalue weighted by molar-refractivity contribution is 5.51. The molecule has 3 aliphatic rings. The lowest BCUT2D eigenvalue weighted by Gasteiger charge is -2.63. The number of aryl methyl sites for hydroxylation is 1. The molecular formula is C21H29N3O. The van der Waals surface area contributed by atoms with E-state index in [1.807, 2.05) is 19.1 Å². The summed E-state index contributed by atoms with van der Waals surface area (Å²) in [5, 5.41) is 0. The first-order valence-electron chi connectivity index (χ1n) is 9.45. The van der Waals surface area contributed by atoms with Gasteiger partial charge in [-0.1, -0.05) is 20.8 Å². The van der Waals surface area contributed by atoms with Gasteiger partial charge in [0.15, 0.2) is 0 Å². The fraction of sp³-hybridized carbons (Fsp3) is 0.619.